The SMILES string of the molecule is [NH3+][C@H]1CCSc2c(F)cccc21. The number of quaternary nitrogens is 1. The van der Waals surface area contributed by atoms with Crippen molar-refractivity contribution in [3.8, 4) is 0 Å². The summed E-state index contributed by atoms with van der Waals surface area (Å²) in [6, 6.07) is 5.53. The highest BCUT2D eigenvalue weighted by atomic mass is 32.2. The van der Waals surface area contributed by atoms with Crippen molar-refractivity contribution in [2.24, 2.45) is 0 Å². The lowest BCUT2D eigenvalue weighted by Gasteiger charge is -2.18. The molecule has 1 heterocycles. The summed E-state index contributed by atoms with van der Waals surface area (Å²) < 4.78 is 13.2. The van der Waals surface area contributed by atoms with E-state index >= 15 is 0 Å². The summed E-state index contributed by atoms with van der Waals surface area (Å²) in [6.07, 6.45) is 1.06. The fourth-order valence-electron chi connectivity index (χ4n) is 1.46. The maximum Gasteiger partial charge on any atom is 0.137 e. The van der Waals surface area contributed by atoms with Crippen LogP contribution >= 0.6 is 11.8 Å². The molecule has 0 aromatic heterocycles. The number of thioether (sulfide) groups is 1. The Labute approximate surface area is 75.1 Å². The quantitative estimate of drug-likeness (QED) is 0.651. The summed E-state index contributed by atoms with van der Waals surface area (Å²) in [7, 11) is 0. The zero-order valence-electron chi connectivity index (χ0n) is 6.72. The average Bonchev–Trinajstić information content (AvgIpc) is 2.07. The van der Waals surface area contributed by atoms with Crippen LogP contribution in [-0.2, 0) is 0 Å². The summed E-state index contributed by atoms with van der Waals surface area (Å²) >= 11 is 1.60. The third kappa shape index (κ3) is 1.23. The van der Waals surface area contributed by atoms with Crippen LogP contribution in [0.15, 0.2) is 23.1 Å². The van der Waals surface area contributed by atoms with Crippen molar-refractivity contribution in [2.45, 2.75) is 17.4 Å². The number of hydrogen-bond acceptors (Lipinski definition) is 1. The van der Waals surface area contributed by atoms with Crippen molar-refractivity contribution >= 4 is 11.8 Å². The summed E-state index contributed by atoms with van der Waals surface area (Å²) in [4.78, 5) is 0.809. The Morgan fingerprint density at radius 2 is 2.33 bits per heavy atom. The summed E-state index contributed by atoms with van der Waals surface area (Å²) in [5.41, 5.74) is 5.08. The second kappa shape index (κ2) is 3.07. The number of rotatable bonds is 0. The largest absolute Gasteiger partial charge is 0.351 e. The summed E-state index contributed by atoms with van der Waals surface area (Å²) in [6.45, 7) is 0. The fourth-order valence-corrected chi connectivity index (χ4v) is 2.67. The van der Waals surface area contributed by atoms with Gasteiger partial charge in [-0.3, -0.25) is 0 Å². The van der Waals surface area contributed by atoms with Crippen LogP contribution in [0.3, 0.4) is 0 Å². The topological polar surface area (TPSA) is 27.6 Å². The molecule has 1 atom stereocenters. The van der Waals surface area contributed by atoms with Gasteiger partial charge in [-0.05, 0) is 6.07 Å². The van der Waals surface area contributed by atoms with E-state index in [0.717, 1.165) is 22.6 Å². The predicted octanol–water partition coefficient (Wildman–Crippen LogP) is 1.60. The van der Waals surface area contributed by atoms with E-state index in [-0.39, 0.29) is 11.9 Å². The van der Waals surface area contributed by atoms with E-state index < -0.39 is 0 Å². The lowest BCUT2D eigenvalue weighted by Crippen LogP contribution is -2.54. The van der Waals surface area contributed by atoms with Crippen LogP contribution in [0.1, 0.15) is 18.0 Å². The molecule has 0 fully saturated rings. The molecule has 1 nitrogen and oxygen atoms in total. The standard InChI is InChI=1S/C9H10FNS/c10-7-3-1-2-6-8(11)4-5-12-9(6)7/h1-3,8H,4-5,11H2/p+1/t8-/m0/s1. The molecule has 3 N–H and O–H groups in total. The maximum atomic E-state index is 13.2. The second-order valence-electron chi connectivity index (χ2n) is 2.99. The number of hydrogen-bond donors (Lipinski definition) is 1. The molecule has 1 aromatic rings. The molecule has 0 spiro atoms. The first-order chi connectivity index (χ1) is 5.79. The van der Waals surface area contributed by atoms with Gasteiger partial charge in [0.1, 0.15) is 11.9 Å². The van der Waals surface area contributed by atoms with Gasteiger partial charge in [0, 0.05) is 17.7 Å². The van der Waals surface area contributed by atoms with E-state index in [2.05, 4.69) is 5.73 Å². The maximum absolute atomic E-state index is 13.2. The molecule has 2 rings (SSSR count). The third-order valence-electron chi connectivity index (χ3n) is 2.15. The van der Waals surface area contributed by atoms with Crippen LogP contribution in [0.4, 0.5) is 4.39 Å². The molecular weight excluding hydrogens is 173 g/mol. The molecule has 0 saturated carbocycles. The molecule has 0 amide bonds. The Bertz CT molecular complexity index is 301. The molecule has 1 aliphatic rings. The van der Waals surface area contributed by atoms with Crippen molar-refractivity contribution in [3.63, 3.8) is 0 Å². The smallest absolute Gasteiger partial charge is 0.137 e. The molecule has 1 aliphatic heterocycles. The van der Waals surface area contributed by atoms with Gasteiger partial charge in [-0.25, -0.2) is 4.39 Å². The fraction of sp³-hybridized carbons (Fsp3) is 0.333. The minimum atomic E-state index is -0.0918. The molecule has 3 heteroatoms. The van der Waals surface area contributed by atoms with Gasteiger partial charge in [0.2, 0.25) is 0 Å². The van der Waals surface area contributed by atoms with E-state index in [1.807, 2.05) is 6.07 Å². The van der Waals surface area contributed by atoms with Crippen molar-refractivity contribution < 1.29 is 10.1 Å². The van der Waals surface area contributed by atoms with Crippen LogP contribution < -0.4 is 5.73 Å². The highest BCUT2D eigenvalue weighted by Gasteiger charge is 2.22. The van der Waals surface area contributed by atoms with Crippen LogP contribution in [0.25, 0.3) is 0 Å². The second-order valence-corrected chi connectivity index (χ2v) is 4.10. The Morgan fingerprint density at radius 1 is 1.50 bits per heavy atom. The first-order valence-electron chi connectivity index (χ1n) is 4.03. The number of halogens is 1. The van der Waals surface area contributed by atoms with Gasteiger partial charge in [0.25, 0.3) is 0 Å². The Hall–Kier alpha value is -0.540. The zero-order chi connectivity index (χ0) is 8.55. The highest BCUT2D eigenvalue weighted by Crippen LogP contribution is 2.35. The van der Waals surface area contributed by atoms with Gasteiger partial charge in [0.05, 0.1) is 4.90 Å². The van der Waals surface area contributed by atoms with Gasteiger partial charge in [-0.2, -0.15) is 0 Å². The molecular formula is C9H11FNS+. The molecule has 0 bridgehead atoms. The first-order valence-corrected chi connectivity index (χ1v) is 5.02. The molecule has 0 unspecified atom stereocenters. The normalized spacial score (nSPS) is 22.0. The average molecular weight is 184 g/mol. The Balaban J connectivity index is 2.52. The first kappa shape index (κ1) is 8.08. The third-order valence-corrected chi connectivity index (χ3v) is 3.31. The van der Waals surface area contributed by atoms with Crippen molar-refractivity contribution in [2.75, 3.05) is 5.75 Å². The van der Waals surface area contributed by atoms with Gasteiger partial charge >= 0.3 is 0 Å². The van der Waals surface area contributed by atoms with E-state index in [9.17, 15) is 4.39 Å². The van der Waals surface area contributed by atoms with E-state index in [1.54, 1.807) is 17.8 Å². The van der Waals surface area contributed by atoms with Gasteiger partial charge in [-0.1, -0.05) is 12.1 Å². The summed E-state index contributed by atoms with van der Waals surface area (Å²) in [5, 5.41) is 0. The Morgan fingerprint density at radius 3 is 3.08 bits per heavy atom. The van der Waals surface area contributed by atoms with Crippen LogP contribution in [-0.4, -0.2) is 5.75 Å². The van der Waals surface area contributed by atoms with E-state index in [4.69, 9.17) is 0 Å². The zero-order valence-corrected chi connectivity index (χ0v) is 7.53. The minimum Gasteiger partial charge on any atom is -0.351 e. The van der Waals surface area contributed by atoms with Gasteiger partial charge in [0.15, 0.2) is 0 Å². The van der Waals surface area contributed by atoms with Crippen molar-refractivity contribution in [1.82, 2.24) is 0 Å². The number of fused-ring (bicyclic) bond motifs is 1. The molecule has 0 aliphatic carbocycles. The predicted molar refractivity (Wildman–Crippen MR) is 47.4 cm³/mol. The number of benzene rings is 1. The van der Waals surface area contributed by atoms with E-state index in [0.29, 0.717) is 0 Å². The van der Waals surface area contributed by atoms with E-state index in [1.165, 1.54) is 6.07 Å². The molecule has 64 valence electrons. The van der Waals surface area contributed by atoms with Gasteiger partial charge in [-0.15, -0.1) is 11.8 Å². The molecule has 0 saturated heterocycles. The van der Waals surface area contributed by atoms with Crippen LogP contribution in [0, 0.1) is 5.82 Å². The summed E-state index contributed by atoms with van der Waals surface area (Å²) in [5.74, 6) is 0.896. The molecule has 0 radical (unpaired) electrons. The van der Waals surface area contributed by atoms with Crippen molar-refractivity contribution in [3.05, 3.63) is 29.6 Å². The lowest BCUT2D eigenvalue weighted by molar-refractivity contribution is -0.427. The van der Waals surface area contributed by atoms with Crippen LogP contribution in [0.5, 0.6) is 0 Å². The molecule has 1 aromatic carbocycles. The molecule has 12 heavy (non-hydrogen) atoms. The van der Waals surface area contributed by atoms with Crippen LogP contribution in [0.2, 0.25) is 0 Å². The van der Waals surface area contributed by atoms with Gasteiger partial charge < -0.3 is 5.73 Å². The van der Waals surface area contributed by atoms with Crippen molar-refractivity contribution in [1.29, 1.82) is 0 Å². The minimum absolute atomic E-state index is 0.0918. The monoisotopic (exact) mass is 184 g/mol. The lowest BCUT2D eigenvalue weighted by atomic mass is 10.1. The Kier molecular flexibility index (Phi) is 2.07. The highest BCUT2D eigenvalue weighted by molar-refractivity contribution is 7.99.